The van der Waals surface area contributed by atoms with Gasteiger partial charge in [0.25, 0.3) is 0 Å². The van der Waals surface area contributed by atoms with Crippen LogP contribution in [0.2, 0.25) is 0 Å². The fourth-order valence-corrected chi connectivity index (χ4v) is 1.67. The van der Waals surface area contributed by atoms with E-state index in [1.54, 1.807) is 26.0 Å². The Kier molecular flexibility index (Phi) is 3.45. The first-order valence-corrected chi connectivity index (χ1v) is 4.93. The molecule has 0 aliphatic carbocycles. The minimum absolute atomic E-state index is 0.227. The Hall–Kier alpha value is -0.410. The highest BCUT2D eigenvalue weighted by Crippen LogP contribution is 2.23. The maximum atomic E-state index is 13.5. The molecular formula is C10H12BrFO. The highest BCUT2D eigenvalue weighted by Gasteiger charge is 2.11. The SMILES string of the molecule is Cc1ccc(Br)c(CC(C)O)c1F. The standard InChI is InChI=1S/C10H12BrFO/c1-6-3-4-9(11)8(10(6)12)5-7(2)13/h3-4,7,13H,5H2,1-2H3. The average Bonchev–Trinajstić information content (AvgIpc) is 2.05. The number of hydrogen-bond donors (Lipinski definition) is 1. The first-order valence-electron chi connectivity index (χ1n) is 4.14. The maximum Gasteiger partial charge on any atom is 0.130 e. The zero-order valence-corrected chi connectivity index (χ0v) is 9.23. The molecule has 1 aromatic carbocycles. The Bertz CT molecular complexity index is 310. The number of hydrogen-bond acceptors (Lipinski definition) is 1. The molecule has 0 radical (unpaired) electrons. The molecular weight excluding hydrogens is 235 g/mol. The van der Waals surface area contributed by atoms with Gasteiger partial charge in [-0.1, -0.05) is 22.0 Å². The van der Waals surface area contributed by atoms with Gasteiger partial charge in [-0.05, 0) is 25.5 Å². The van der Waals surface area contributed by atoms with Gasteiger partial charge in [-0.2, -0.15) is 0 Å². The van der Waals surface area contributed by atoms with E-state index in [1.807, 2.05) is 0 Å². The van der Waals surface area contributed by atoms with Gasteiger partial charge in [0, 0.05) is 16.5 Å². The lowest BCUT2D eigenvalue weighted by Gasteiger charge is -2.09. The summed E-state index contributed by atoms with van der Waals surface area (Å²) < 4.78 is 14.2. The van der Waals surface area contributed by atoms with Crippen molar-refractivity contribution in [3.8, 4) is 0 Å². The summed E-state index contributed by atoms with van der Waals surface area (Å²) in [5.41, 5.74) is 1.16. The number of aryl methyl sites for hydroxylation is 1. The molecule has 1 atom stereocenters. The maximum absolute atomic E-state index is 13.5. The second-order valence-corrected chi connectivity index (χ2v) is 4.06. The third-order valence-electron chi connectivity index (χ3n) is 1.88. The van der Waals surface area contributed by atoms with Crippen LogP contribution in [0.4, 0.5) is 4.39 Å². The fourth-order valence-electron chi connectivity index (χ4n) is 1.20. The third kappa shape index (κ3) is 2.51. The normalized spacial score (nSPS) is 13.0. The summed E-state index contributed by atoms with van der Waals surface area (Å²) in [7, 11) is 0. The van der Waals surface area contributed by atoms with Gasteiger partial charge < -0.3 is 5.11 Å². The van der Waals surface area contributed by atoms with Crippen molar-refractivity contribution >= 4 is 15.9 Å². The zero-order valence-electron chi connectivity index (χ0n) is 7.64. The van der Waals surface area contributed by atoms with Gasteiger partial charge in [-0.3, -0.25) is 0 Å². The summed E-state index contributed by atoms with van der Waals surface area (Å²) in [6.07, 6.45) is -0.179. The third-order valence-corrected chi connectivity index (χ3v) is 2.62. The van der Waals surface area contributed by atoms with Crippen LogP contribution in [0.25, 0.3) is 0 Å². The predicted molar refractivity (Wildman–Crippen MR) is 54.2 cm³/mol. The van der Waals surface area contributed by atoms with E-state index in [1.165, 1.54) is 0 Å². The largest absolute Gasteiger partial charge is 0.393 e. The van der Waals surface area contributed by atoms with Gasteiger partial charge in [0.05, 0.1) is 6.10 Å². The van der Waals surface area contributed by atoms with E-state index in [0.717, 1.165) is 4.47 Å². The summed E-state index contributed by atoms with van der Waals surface area (Å²) in [5, 5.41) is 9.16. The van der Waals surface area contributed by atoms with Gasteiger partial charge in [-0.25, -0.2) is 4.39 Å². The second kappa shape index (κ2) is 4.20. The first kappa shape index (κ1) is 10.7. The van der Waals surface area contributed by atoms with Crippen LogP contribution in [-0.4, -0.2) is 11.2 Å². The van der Waals surface area contributed by atoms with Gasteiger partial charge in [0.1, 0.15) is 5.82 Å². The Morgan fingerprint density at radius 3 is 2.69 bits per heavy atom. The van der Waals surface area contributed by atoms with Crippen LogP contribution < -0.4 is 0 Å². The molecule has 3 heteroatoms. The molecule has 72 valence electrons. The molecule has 0 aromatic heterocycles. The smallest absolute Gasteiger partial charge is 0.130 e. The minimum Gasteiger partial charge on any atom is -0.393 e. The van der Waals surface area contributed by atoms with E-state index in [0.29, 0.717) is 17.5 Å². The number of benzene rings is 1. The van der Waals surface area contributed by atoms with Crippen LogP contribution in [0.3, 0.4) is 0 Å². The number of halogens is 2. The molecule has 1 unspecified atom stereocenters. The van der Waals surface area contributed by atoms with Gasteiger partial charge >= 0.3 is 0 Å². The van der Waals surface area contributed by atoms with Gasteiger partial charge in [-0.15, -0.1) is 0 Å². The molecule has 0 amide bonds. The summed E-state index contributed by atoms with van der Waals surface area (Å²) >= 11 is 3.26. The predicted octanol–water partition coefficient (Wildman–Crippen LogP) is 2.82. The molecule has 0 aliphatic heterocycles. The van der Waals surface area contributed by atoms with Crippen molar-refractivity contribution in [1.82, 2.24) is 0 Å². The molecule has 1 N–H and O–H groups in total. The molecule has 0 bridgehead atoms. The summed E-state index contributed by atoms with van der Waals surface area (Å²) in [5.74, 6) is -0.227. The van der Waals surface area contributed by atoms with Crippen molar-refractivity contribution in [3.05, 3.63) is 33.5 Å². The average molecular weight is 247 g/mol. The monoisotopic (exact) mass is 246 g/mol. The van der Waals surface area contributed by atoms with Crippen molar-refractivity contribution in [2.75, 3.05) is 0 Å². The number of aliphatic hydroxyl groups excluding tert-OH is 1. The summed E-state index contributed by atoms with van der Waals surface area (Å²) in [4.78, 5) is 0. The highest BCUT2D eigenvalue weighted by atomic mass is 79.9. The number of rotatable bonds is 2. The molecule has 1 aromatic rings. The van der Waals surface area contributed by atoms with E-state index in [2.05, 4.69) is 15.9 Å². The Morgan fingerprint density at radius 1 is 1.54 bits per heavy atom. The summed E-state index contributed by atoms with van der Waals surface area (Å²) in [6, 6.07) is 3.51. The fraction of sp³-hybridized carbons (Fsp3) is 0.400. The zero-order chi connectivity index (χ0) is 10.0. The first-order chi connectivity index (χ1) is 6.02. The van der Waals surface area contributed by atoms with Crippen molar-refractivity contribution in [3.63, 3.8) is 0 Å². The molecule has 0 aliphatic rings. The summed E-state index contributed by atoms with van der Waals surface area (Å²) in [6.45, 7) is 3.36. The van der Waals surface area contributed by atoms with Crippen LogP contribution in [-0.2, 0) is 6.42 Å². The highest BCUT2D eigenvalue weighted by molar-refractivity contribution is 9.10. The van der Waals surface area contributed by atoms with Crippen LogP contribution in [0.5, 0.6) is 0 Å². The molecule has 0 saturated heterocycles. The topological polar surface area (TPSA) is 20.2 Å². The van der Waals surface area contributed by atoms with E-state index in [9.17, 15) is 4.39 Å². The van der Waals surface area contributed by atoms with E-state index in [4.69, 9.17) is 5.11 Å². The van der Waals surface area contributed by atoms with Crippen LogP contribution >= 0.6 is 15.9 Å². The molecule has 0 heterocycles. The van der Waals surface area contributed by atoms with Crippen molar-refractivity contribution in [2.24, 2.45) is 0 Å². The Morgan fingerprint density at radius 2 is 2.15 bits per heavy atom. The van der Waals surface area contributed by atoms with E-state index >= 15 is 0 Å². The van der Waals surface area contributed by atoms with Crippen LogP contribution in [0.1, 0.15) is 18.1 Å². The Balaban J connectivity index is 3.10. The van der Waals surface area contributed by atoms with E-state index in [-0.39, 0.29) is 5.82 Å². The van der Waals surface area contributed by atoms with Gasteiger partial charge in [0.15, 0.2) is 0 Å². The lowest BCUT2D eigenvalue weighted by atomic mass is 10.1. The molecule has 1 rings (SSSR count). The number of aliphatic hydroxyl groups is 1. The molecule has 0 spiro atoms. The molecule has 13 heavy (non-hydrogen) atoms. The Labute approximate surface area is 85.7 Å². The molecule has 1 nitrogen and oxygen atoms in total. The van der Waals surface area contributed by atoms with Crippen LogP contribution in [0.15, 0.2) is 16.6 Å². The van der Waals surface area contributed by atoms with Crippen molar-refractivity contribution in [1.29, 1.82) is 0 Å². The quantitative estimate of drug-likeness (QED) is 0.851. The second-order valence-electron chi connectivity index (χ2n) is 3.21. The van der Waals surface area contributed by atoms with Gasteiger partial charge in [0.2, 0.25) is 0 Å². The molecule has 0 fully saturated rings. The molecule has 0 saturated carbocycles. The minimum atomic E-state index is -0.521. The van der Waals surface area contributed by atoms with Crippen molar-refractivity contribution in [2.45, 2.75) is 26.4 Å². The van der Waals surface area contributed by atoms with Crippen molar-refractivity contribution < 1.29 is 9.50 Å². The lowest BCUT2D eigenvalue weighted by Crippen LogP contribution is -2.07. The van der Waals surface area contributed by atoms with Crippen LogP contribution in [0, 0.1) is 12.7 Å². The lowest BCUT2D eigenvalue weighted by molar-refractivity contribution is 0.194. The van der Waals surface area contributed by atoms with E-state index < -0.39 is 6.10 Å².